The van der Waals surface area contributed by atoms with E-state index in [2.05, 4.69) is 22.2 Å². The van der Waals surface area contributed by atoms with Gasteiger partial charge in [0.2, 0.25) is 0 Å². The average Bonchev–Trinajstić information content (AvgIpc) is 2.44. The number of hydrogen-bond acceptors (Lipinski definition) is 4. The number of likely N-dealkylation sites (tertiary alicyclic amines) is 1. The Kier molecular flexibility index (Phi) is 4.82. The first kappa shape index (κ1) is 14.3. The van der Waals surface area contributed by atoms with Crippen LogP contribution in [0.3, 0.4) is 0 Å². The molecule has 2 heterocycles. The fourth-order valence-electron chi connectivity index (χ4n) is 2.47. The summed E-state index contributed by atoms with van der Waals surface area (Å²) in [6, 6.07) is 0.338. The highest BCUT2D eigenvalue weighted by Crippen LogP contribution is 2.20. The van der Waals surface area contributed by atoms with E-state index in [9.17, 15) is 4.79 Å². The van der Waals surface area contributed by atoms with Gasteiger partial charge in [-0.25, -0.2) is 4.68 Å². The highest BCUT2D eigenvalue weighted by molar-refractivity contribution is 6.32. The Bertz CT molecular complexity index is 488. The summed E-state index contributed by atoms with van der Waals surface area (Å²) in [4.78, 5) is 14.3. The molecular weight excluding hydrogens is 264 g/mol. The molecule has 0 aliphatic carbocycles. The molecule has 0 aromatic carbocycles. The molecule has 1 aliphatic heterocycles. The van der Waals surface area contributed by atoms with Crippen LogP contribution in [0.2, 0.25) is 5.02 Å². The van der Waals surface area contributed by atoms with E-state index in [0.717, 1.165) is 26.1 Å². The molecule has 0 bridgehead atoms. The van der Waals surface area contributed by atoms with Gasteiger partial charge in [0.05, 0.1) is 11.9 Å². The molecule has 1 N–H and O–H groups in total. The summed E-state index contributed by atoms with van der Waals surface area (Å²) in [5.41, 5.74) is 0.427. The van der Waals surface area contributed by atoms with E-state index >= 15 is 0 Å². The lowest BCUT2D eigenvalue weighted by molar-refractivity contribution is 0.227. The Morgan fingerprint density at radius 2 is 2.26 bits per heavy atom. The zero-order valence-corrected chi connectivity index (χ0v) is 12.3. The first-order chi connectivity index (χ1) is 9.15. The molecule has 106 valence electrons. The third-order valence-electron chi connectivity index (χ3n) is 3.60. The van der Waals surface area contributed by atoms with Gasteiger partial charge in [-0.05, 0) is 32.9 Å². The number of halogens is 1. The number of nitrogens with zero attached hydrogens (tertiary/aromatic N) is 3. The van der Waals surface area contributed by atoms with E-state index in [4.69, 9.17) is 11.6 Å². The van der Waals surface area contributed by atoms with Crippen LogP contribution in [0.25, 0.3) is 0 Å². The van der Waals surface area contributed by atoms with Gasteiger partial charge in [0.15, 0.2) is 0 Å². The lowest BCUT2D eigenvalue weighted by Crippen LogP contribution is -2.42. The second-order valence-electron chi connectivity index (χ2n) is 4.87. The van der Waals surface area contributed by atoms with Gasteiger partial charge in [-0.15, -0.1) is 0 Å². The summed E-state index contributed by atoms with van der Waals surface area (Å²) >= 11 is 6.12. The minimum atomic E-state index is -0.225. The predicted octanol–water partition coefficient (Wildman–Crippen LogP) is 1.81. The number of aromatic nitrogens is 2. The molecule has 1 atom stereocenters. The molecule has 2 rings (SSSR count). The molecule has 0 spiro atoms. The summed E-state index contributed by atoms with van der Waals surface area (Å²) in [6.45, 7) is 7.77. The molecule has 1 aromatic heterocycles. The largest absolute Gasteiger partial charge is 0.378 e. The summed E-state index contributed by atoms with van der Waals surface area (Å²) in [6.07, 6.45) is 3.92. The number of piperidine rings is 1. The van der Waals surface area contributed by atoms with Crippen molar-refractivity contribution in [2.45, 2.75) is 39.3 Å². The van der Waals surface area contributed by atoms with Crippen LogP contribution in [0, 0.1) is 0 Å². The Labute approximate surface area is 118 Å². The van der Waals surface area contributed by atoms with Crippen LogP contribution >= 0.6 is 11.6 Å². The topological polar surface area (TPSA) is 50.2 Å². The highest BCUT2D eigenvalue weighted by Gasteiger charge is 2.20. The van der Waals surface area contributed by atoms with Crippen molar-refractivity contribution in [2.24, 2.45) is 0 Å². The van der Waals surface area contributed by atoms with Crippen LogP contribution in [0.15, 0.2) is 11.0 Å². The van der Waals surface area contributed by atoms with Crippen LogP contribution in [0.1, 0.15) is 26.7 Å². The molecule has 6 heteroatoms. The smallest absolute Gasteiger partial charge is 0.287 e. The van der Waals surface area contributed by atoms with Gasteiger partial charge in [-0.2, -0.15) is 5.10 Å². The van der Waals surface area contributed by atoms with Crippen molar-refractivity contribution < 1.29 is 0 Å². The number of hydrogen-bond donors (Lipinski definition) is 1. The standard InChI is InChI=1S/C13H21ClN4O/c1-3-17-7-5-6-10(9-17)16-11-8-15-18(4-2)13(19)12(11)14/h8,10,16H,3-7,9H2,1-2H3. The lowest BCUT2D eigenvalue weighted by Gasteiger charge is -2.32. The average molecular weight is 285 g/mol. The van der Waals surface area contributed by atoms with E-state index in [1.165, 1.54) is 11.1 Å². The van der Waals surface area contributed by atoms with E-state index < -0.39 is 0 Å². The van der Waals surface area contributed by atoms with Crippen molar-refractivity contribution >= 4 is 17.3 Å². The third kappa shape index (κ3) is 3.28. The molecule has 1 unspecified atom stereocenters. The SMILES string of the molecule is CCN1CCCC(Nc2cnn(CC)c(=O)c2Cl)C1. The van der Waals surface area contributed by atoms with Gasteiger partial charge in [0, 0.05) is 19.1 Å². The molecule has 19 heavy (non-hydrogen) atoms. The van der Waals surface area contributed by atoms with Gasteiger partial charge >= 0.3 is 0 Å². The van der Waals surface area contributed by atoms with Gasteiger partial charge in [0.25, 0.3) is 5.56 Å². The number of rotatable bonds is 4. The Morgan fingerprint density at radius 1 is 1.47 bits per heavy atom. The second kappa shape index (κ2) is 6.39. The van der Waals surface area contributed by atoms with Crippen molar-refractivity contribution in [3.05, 3.63) is 21.6 Å². The highest BCUT2D eigenvalue weighted by atomic mass is 35.5. The zero-order valence-electron chi connectivity index (χ0n) is 11.5. The summed E-state index contributed by atoms with van der Waals surface area (Å²) < 4.78 is 1.37. The van der Waals surface area contributed by atoms with E-state index in [1.807, 2.05) is 6.92 Å². The third-order valence-corrected chi connectivity index (χ3v) is 3.96. The van der Waals surface area contributed by atoms with E-state index in [-0.39, 0.29) is 10.6 Å². The van der Waals surface area contributed by atoms with Crippen LogP contribution in [-0.2, 0) is 6.54 Å². The van der Waals surface area contributed by atoms with Gasteiger partial charge in [0.1, 0.15) is 5.02 Å². The molecular formula is C13H21ClN4O. The second-order valence-corrected chi connectivity index (χ2v) is 5.25. The van der Waals surface area contributed by atoms with E-state index in [1.54, 1.807) is 6.20 Å². The number of anilines is 1. The molecule has 1 fully saturated rings. The number of aryl methyl sites for hydroxylation is 1. The molecule has 0 saturated carbocycles. The van der Waals surface area contributed by atoms with Crippen LogP contribution in [-0.4, -0.2) is 40.4 Å². The van der Waals surface area contributed by atoms with Crippen molar-refractivity contribution in [1.82, 2.24) is 14.7 Å². The van der Waals surface area contributed by atoms with Crippen molar-refractivity contribution in [2.75, 3.05) is 25.0 Å². The maximum absolute atomic E-state index is 11.9. The first-order valence-electron chi connectivity index (χ1n) is 6.90. The molecule has 0 amide bonds. The monoisotopic (exact) mass is 284 g/mol. The van der Waals surface area contributed by atoms with Crippen molar-refractivity contribution in [1.29, 1.82) is 0 Å². The quantitative estimate of drug-likeness (QED) is 0.916. The van der Waals surface area contributed by atoms with Crippen LogP contribution < -0.4 is 10.9 Å². The molecule has 1 aromatic rings. The maximum atomic E-state index is 11.9. The predicted molar refractivity (Wildman–Crippen MR) is 77.9 cm³/mol. The molecule has 1 saturated heterocycles. The van der Waals surface area contributed by atoms with Crippen molar-refractivity contribution in [3.8, 4) is 0 Å². The zero-order chi connectivity index (χ0) is 13.8. The summed E-state index contributed by atoms with van der Waals surface area (Å²) in [7, 11) is 0. The normalized spacial score (nSPS) is 20.5. The summed E-state index contributed by atoms with van der Waals surface area (Å²) in [5.74, 6) is 0. The Balaban J connectivity index is 2.11. The van der Waals surface area contributed by atoms with Gasteiger partial charge in [-0.1, -0.05) is 18.5 Å². The fraction of sp³-hybridized carbons (Fsp3) is 0.692. The summed E-state index contributed by atoms with van der Waals surface area (Å²) in [5, 5.41) is 7.70. The van der Waals surface area contributed by atoms with Crippen LogP contribution in [0.5, 0.6) is 0 Å². The van der Waals surface area contributed by atoms with Crippen LogP contribution in [0.4, 0.5) is 5.69 Å². The minimum Gasteiger partial charge on any atom is -0.378 e. The van der Waals surface area contributed by atoms with E-state index in [0.29, 0.717) is 18.3 Å². The van der Waals surface area contributed by atoms with Gasteiger partial charge in [-0.3, -0.25) is 4.79 Å². The number of nitrogens with one attached hydrogen (secondary N) is 1. The minimum absolute atomic E-state index is 0.225. The lowest BCUT2D eigenvalue weighted by atomic mass is 10.1. The molecule has 5 nitrogen and oxygen atoms in total. The first-order valence-corrected chi connectivity index (χ1v) is 7.28. The molecule has 0 radical (unpaired) electrons. The molecule has 1 aliphatic rings. The maximum Gasteiger partial charge on any atom is 0.287 e. The van der Waals surface area contributed by atoms with Gasteiger partial charge < -0.3 is 10.2 Å². The Hall–Kier alpha value is -1.07. The Morgan fingerprint density at radius 3 is 2.95 bits per heavy atom. The van der Waals surface area contributed by atoms with Crippen molar-refractivity contribution in [3.63, 3.8) is 0 Å². The number of likely N-dealkylation sites (N-methyl/N-ethyl adjacent to an activating group) is 1. The fourth-order valence-corrected chi connectivity index (χ4v) is 2.67.